The molecule has 0 aliphatic heterocycles. The number of aromatic hydroxyl groups is 1. The third-order valence-corrected chi connectivity index (χ3v) is 7.68. The predicted molar refractivity (Wildman–Crippen MR) is 116 cm³/mol. The first kappa shape index (κ1) is 22.2. The summed E-state index contributed by atoms with van der Waals surface area (Å²) in [5, 5.41) is 17.8. The quantitative estimate of drug-likeness (QED) is 0.260. The van der Waals surface area contributed by atoms with Crippen molar-refractivity contribution in [3.63, 3.8) is 0 Å². The number of benzene rings is 1. The molecule has 0 bridgehead atoms. The Kier molecular flexibility index (Phi) is 6.20. The maximum absolute atomic E-state index is 12.6. The van der Waals surface area contributed by atoms with Gasteiger partial charge in [-0.05, 0) is 30.5 Å². The van der Waals surface area contributed by atoms with Gasteiger partial charge in [-0.3, -0.25) is 14.4 Å². The Morgan fingerprint density at radius 1 is 1.20 bits per heavy atom. The number of thiophene rings is 1. The van der Waals surface area contributed by atoms with Gasteiger partial charge in [-0.2, -0.15) is 0 Å². The first-order chi connectivity index (χ1) is 14.1. The van der Waals surface area contributed by atoms with Crippen LogP contribution >= 0.6 is 22.9 Å². The van der Waals surface area contributed by atoms with Gasteiger partial charge in [0.2, 0.25) is 0 Å². The summed E-state index contributed by atoms with van der Waals surface area (Å²) in [5.74, 6) is -0.711. The lowest BCUT2D eigenvalue weighted by molar-refractivity contribution is -0.0259. The number of nitrogens with zero attached hydrogens (tertiary/aromatic N) is 1. The summed E-state index contributed by atoms with van der Waals surface area (Å²) >= 11 is 7.47. The van der Waals surface area contributed by atoms with Crippen LogP contribution in [0.4, 0.5) is 17.1 Å². The lowest BCUT2D eigenvalue weighted by atomic mass is 10.1. The van der Waals surface area contributed by atoms with Crippen molar-refractivity contribution in [2.75, 3.05) is 24.8 Å². The highest BCUT2D eigenvalue weighted by molar-refractivity contribution is 7.89. The number of rotatable bonds is 8. The van der Waals surface area contributed by atoms with Crippen molar-refractivity contribution in [3.05, 3.63) is 60.0 Å². The SMILES string of the molecule is CON(C)S(=O)(=O)c1c(Cl)ccc(Nc2c(NC(C)c3cccs3)c(=O)c2=O)c1O. The number of phenolic OH excluding ortho intramolecular Hbond substituents is 1. The summed E-state index contributed by atoms with van der Waals surface area (Å²) in [4.78, 5) is 29.2. The molecular formula is C18H18ClN3O6S2. The zero-order valence-electron chi connectivity index (χ0n) is 16.1. The molecule has 160 valence electrons. The molecule has 0 radical (unpaired) electrons. The van der Waals surface area contributed by atoms with Gasteiger partial charge in [0.25, 0.3) is 20.9 Å². The van der Waals surface area contributed by atoms with E-state index in [0.717, 1.165) is 19.0 Å². The number of phenols is 1. The predicted octanol–water partition coefficient (Wildman–Crippen LogP) is 2.80. The van der Waals surface area contributed by atoms with E-state index in [1.807, 2.05) is 24.4 Å². The van der Waals surface area contributed by atoms with Gasteiger partial charge < -0.3 is 15.7 Å². The van der Waals surface area contributed by atoms with Crippen molar-refractivity contribution in [2.45, 2.75) is 17.9 Å². The Morgan fingerprint density at radius 2 is 1.87 bits per heavy atom. The van der Waals surface area contributed by atoms with Crippen LogP contribution in [0, 0.1) is 0 Å². The van der Waals surface area contributed by atoms with Crippen molar-refractivity contribution in [1.29, 1.82) is 0 Å². The Morgan fingerprint density at radius 3 is 2.47 bits per heavy atom. The molecular weight excluding hydrogens is 454 g/mol. The molecule has 30 heavy (non-hydrogen) atoms. The lowest BCUT2D eigenvalue weighted by Gasteiger charge is -2.21. The van der Waals surface area contributed by atoms with Gasteiger partial charge in [-0.25, -0.2) is 8.42 Å². The first-order valence-corrected chi connectivity index (χ1v) is 11.2. The van der Waals surface area contributed by atoms with E-state index in [1.165, 1.54) is 23.5 Å². The van der Waals surface area contributed by atoms with Gasteiger partial charge in [0, 0.05) is 11.9 Å². The molecule has 3 aromatic rings. The van der Waals surface area contributed by atoms with Crippen LogP contribution in [0.15, 0.2) is 44.1 Å². The molecule has 0 aliphatic rings. The van der Waals surface area contributed by atoms with E-state index in [9.17, 15) is 23.1 Å². The maximum Gasteiger partial charge on any atom is 0.269 e. The van der Waals surface area contributed by atoms with E-state index in [-0.39, 0.29) is 28.1 Å². The van der Waals surface area contributed by atoms with Crippen LogP contribution in [0.5, 0.6) is 5.75 Å². The number of hydroxylamine groups is 1. The molecule has 3 rings (SSSR count). The summed E-state index contributed by atoms with van der Waals surface area (Å²) in [5.41, 5.74) is -1.63. The number of nitrogens with one attached hydrogen (secondary N) is 2. The minimum atomic E-state index is -4.28. The molecule has 1 aromatic heterocycles. The summed E-state index contributed by atoms with van der Waals surface area (Å²) in [6, 6.07) is 6.05. The van der Waals surface area contributed by atoms with E-state index >= 15 is 0 Å². The highest BCUT2D eigenvalue weighted by Crippen LogP contribution is 2.40. The second-order valence-corrected chi connectivity index (χ2v) is 9.54. The van der Waals surface area contributed by atoms with Crippen LogP contribution in [0.2, 0.25) is 5.02 Å². The van der Waals surface area contributed by atoms with Crippen LogP contribution < -0.4 is 21.5 Å². The average molecular weight is 472 g/mol. The molecule has 1 atom stereocenters. The molecule has 0 amide bonds. The number of halogens is 1. The zero-order valence-corrected chi connectivity index (χ0v) is 18.5. The van der Waals surface area contributed by atoms with Crippen molar-refractivity contribution >= 4 is 50.0 Å². The number of anilines is 3. The zero-order chi connectivity index (χ0) is 22.2. The fourth-order valence-electron chi connectivity index (χ4n) is 2.73. The third kappa shape index (κ3) is 3.82. The van der Waals surface area contributed by atoms with E-state index in [4.69, 9.17) is 16.4 Å². The maximum atomic E-state index is 12.6. The van der Waals surface area contributed by atoms with Crippen LogP contribution in [-0.4, -0.2) is 32.2 Å². The fourth-order valence-corrected chi connectivity index (χ4v) is 5.03. The second kappa shape index (κ2) is 8.36. The number of sulfonamides is 1. The van der Waals surface area contributed by atoms with Gasteiger partial charge in [0.05, 0.1) is 23.9 Å². The monoisotopic (exact) mass is 471 g/mol. The van der Waals surface area contributed by atoms with Gasteiger partial charge in [-0.1, -0.05) is 22.1 Å². The molecule has 1 unspecified atom stereocenters. The Hall–Kier alpha value is -2.44. The van der Waals surface area contributed by atoms with E-state index in [0.29, 0.717) is 4.47 Å². The van der Waals surface area contributed by atoms with Crippen LogP contribution in [-0.2, 0) is 14.9 Å². The summed E-state index contributed by atoms with van der Waals surface area (Å²) in [6.07, 6.45) is 0. The molecule has 3 N–H and O–H groups in total. The minimum Gasteiger partial charge on any atom is -0.504 e. The standard InChI is InChI=1S/C18H18ClN3O6S2/c1-9(12-5-4-8-29-12)20-13-14(17(25)16(13)24)21-11-7-6-10(19)18(15(11)23)30(26,27)22(2)28-3/h4-9,20-21,23H,1-3H3. The third-order valence-electron chi connectivity index (χ3n) is 4.44. The molecule has 0 saturated carbocycles. The van der Waals surface area contributed by atoms with Crippen LogP contribution in [0.1, 0.15) is 17.8 Å². The molecule has 1 heterocycles. The number of hydrogen-bond donors (Lipinski definition) is 3. The fraction of sp³-hybridized carbons (Fsp3) is 0.222. The van der Waals surface area contributed by atoms with E-state index in [1.54, 1.807) is 0 Å². The summed E-state index contributed by atoms with van der Waals surface area (Å²) in [7, 11) is -2.00. The van der Waals surface area contributed by atoms with Gasteiger partial charge in [-0.15, -0.1) is 11.3 Å². The largest absolute Gasteiger partial charge is 0.504 e. The minimum absolute atomic E-state index is 0.0497. The highest BCUT2D eigenvalue weighted by atomic mass is 35.5. The van der Waals surface area contributed by atoms with Crippen LogP contribution in [0.25, 0.3) is 0 Å². The Labute approximate surface area is 181 Å². The average Bonchev–Trinajstić information content (AvgIpc) is 3.25. The lowest BCUT2D eigenvalue weighted by Crippen LogP contribution is -2.37. The normalized spacial score (nSPS) is 13.0. The second-order valence-electron chi connectivity index (χ2n) is 6.28. The van der Waals surface area contributed by atoms with Gasteiger partial charge in [0.1, 0.15) is 16.3 Å². The van der Waals surface area contributed by atoms with Gasteiger partial charge in [0.15, 0.2) is 5.75 Å². The first-order valence-electron chi connectivity index (χ1n) is 8.54. The molecule has 0 spiro atoms. The number of hydrogen-bond acceptors (Lipinski definition) is 9. The molecule has 2 aromatic carbocycles. The molecule has 0 saturated heterocycles. The van der Waals surface area contributed by atoms with Gasteiger partial charge >= 0.3 is 0 Å². The van der Waals surface area contributed by atoms with Crippen molar-refractivity contribution in [1.82, 2.24) is 4.47 Å². The highest BCUT2D eigenvalue weighted by Gasteiger charge is 2.30. The van der Waals surface area contributed by atoms with Crippen LogP contribution in [0.3, 0.4) is 0 Å². The topological polar surface area (TPSA) is 125 Å². The molecule has 0 aliphatic carbocycles. The van der Waals surface area contributed by atoms with E-state index < -0.39 is 31.5 Å². The molecule has 12 heteroatoms. The molecule has 0 fully saturated rings. The Bertz CT molecular complexity index is 1250. The van der Waals surface area contributed by atoms with Crippen molar-refractivity contribution < 1.29 is 18.4 Å². The summed E-state index contributed by atoms with van der Waals surface area (Å²) < 4.78 is 25.7. The summed E-state index contributed by atoms with van der Waals surface area (Å²) in [6.45, 7) is 1.83. The van der Waals surface area contributed by atoms with Crippen molar-refractivity contribution in [2.24, 2.45) is 0 Å². The smallest absolute Gasteiger partial charge is 0.269 e. The Balaban J connectivity index is 1.97. The molecule has 9 nitrogen and oxygen atoms in total. The van der Waals surface area contributed by atoms with E-state index in [2.05, 4.69) is 10.6 Å². The van der Waals surface area contributed by atoms with Crippen molar-refractivity contribution in [3.8, 4) is 5.75 Å².